The van der Waals surface area contributed by atoms with Crippen LogP contribution < -0.4 is 5.32 Å². The summed E-state index contributed by atoms with van der Waals surface area (Å²) >= 11 is 0. The lowest BCUT2D eigenvalue weighted by Crippen LogP contribution is -2.39. The van der Waals surface area contributed by atoms with Crippen molar-refractivity contribution in [1.29, 1.82) is 0 Å². The van der Waals surface area contributed by atoms with E-state index in [1.807, 2.05) is 29.2 Å². The van der Waals surface area contributed by atoms with Crippen LogP contribution in [0.2, 0.25) is 0 Å². The summed E-state index contributed by atoms with van der Waals surface area (Å²) in [5, 5.41) is 3.81. The van der Waals surface area contributed by atoms with E-state index in [1.54, 1.807) is 30.5 Å². The SMILES string of the molecule is CC1CCCN(C(=O)c2cccc(C(=O)Nc3cccc4cccnc34)n2)C1. The van der Waals surface area contributed by atoms with E-state index in [4.69, 9.17) is 0 Å². The predicted octanol–water partition coefficient (Wildman–Crippen LogP) is 3.75. The first-order valence-electron chi connectivity index (χ1n) is 9.53. The number of piperidine rings is 1. The summed E-state index contributed by atoms with van der Waals surface area (Å²) in [5.74, 6) is 0.0101. The van der Waals surface area contributed by atoms with Crippen LogP contribution in [-0.4, -0.2) is 39.8 Å². The van der Waals surface area contributed by atoms with Crippen molar-refractivity contribution in [2.75, 3.05) is 18.4 Å². The van der Waals surface area contributed by atoms with Gasteiger partial charge in [-0.2, -0.15) is 0 Å². The van der Waals surface area contributed by atoms with E-state index in [1.165, 1.54) is 0 Å². The molecule has 0 aliphatic carbocycles. The molecule has 28 heavy (non-hydrogen) atoms. The number of amides is 2. The predicted molar refractivity (Wildman–Crippen MR) is 108 cm³/mol. The van der Waals surface area contributed by atoms with Crippen molar-refractivity contribution in [2.24, 2.45) is 5.92 Å². The smallest absolute Gasteiger partial charge is 0.274 e. The fourth-order valence-corrected chi connectivity index (χ4v) is 3.61. The lowest BCUT2D eigenvalue weighted by molar-refractivity contribution is 0.0677. The molecule has 1 aliphatic rings. The molecule has 0 saturated carbocycles. The third-order valence-corrected chi connectivity index (χ3v) is 5.03. The first kappa shape index (κ1) is 18.1. The van der Waals surface area contributed by atoms with Crippen LogP contribution in [0.5, 0.6) is 0 Å². The Balaban J connectivity index is 1.55. The van der Waals surface area contributed by atoms with Gasteiger partial charge >= 0.3 is 0 Å². The van der Waals surface area contributed by atoms with Crippen molar-refractivity contribution in [3.63, 3.8) is 0 Å². The highest BCUT2D eigenvalue weighted by molar-refractivity contribution is 6.07. The molecule has 3 aromatic rings. The highest BCUT2D eigenvalue weighted by Crippen LogP contribution is 2.21. The Morgan fingerprint density at radius 3 is 2.71 bits per heavy atom. The fourth-order valence-electron chi connectivity index (χ4n) is 3.61. The number of pyridine rings is 2. The summed E-state index contributed by atoms with van der Waals surface area (Å²) in [5.41, 5.74) is 1.85. The first-order valence-corrected chi connectivity index (χ1v) is 9.53. The zero-order chi connectivity index (χ0) is 19.5. The van der Waals surface area contributed by atoms with Crippen LogP contribution in [0.15, 0.2) is 54.7 Å². The lowest BCUT2D eigenvalue weighted by atomic mass is 10.00. The van der Waals surface area contributed by atoms with Crippen molar-refractivity contribution in [2.45, 2.75) is 19.8 Å². The third-order valence-electron chi connectivity index (χ3n) is 5.03. The Morgan fingerprint density at radius 1 is 1.07 bits per heavy atom. The van der Waals surface area contributed by atoms with Crippen molar-refractivity contribution in [3.05, 3.63) is 66.1 Å². The molecule has 1 unspecified atom stereocenters. The Bertz CT molecular complexity index is 1030. The van der Waals surface area contributed by atoms with Gasteiger partial charge < -0.3 is 10.2 Å². The van der Waals surface area contributed by atoms with Gasteiger partial charge in [-0.15, -0.1) is 0 Å². The fraction of sp³-hybridized carbons (Fsp3) is 0.273. The number of para-hydroxylation sites is 1. The van der Waals surface area contributed by atoms with Gasteiger partial charge in [0.15, 0.2) is 0 Å². The van der Waals surface area contributed by atoms with E-state index >= 15 is 0 Å². The molecule has 3 heterocycles. The summed E-state index contributed by atoms with van der Waals surface area (Å²) in [6.07, 6.45) is 3.83. The van der Waals surface area contributed by atoms with Gasteiger partial charge in [-0.25, -0.2) is 4.98 Å². The number of hydrogen-bond acceptors (Lipinski definition) is 4. The van der Waals surface area contributed by atoms with E-state index in [-0.39, 0.29) is 17.5 Å². The quantitative estimate of drug-likeness (QED) is 0.757. The van der Waals surface area contributed by atoms with Crippen LogP contribution in [-0.2, 0) is 0 Å². The molecular formula is C22H22N4O2. The average Bonchev–Trinajstić information content (AvgIpc) is 2.73. The van der Waals surface area contributed by atoms with Gasteiger partial charge in [0.2, 0.25) is 0 Å². The molecule has 1 aromatic carbocycles. The standard InChI is InChI=1S/C22H22N4O2/c1-15-6-5-13-26(14-15)22(28)19-11-3-10-18(24-19)21(27)25-17-9-2-7-16-8-4-12-23-20(16)17/h2-4,7-12,15H,5-6,13-14H2,1H3,(H,25,27). The maximum atomic E-state index is 12.8. The van der Waals surface area contributed by atoms with Crippen LogP contribution >= 0.6 is 0 Å². The second kappa shape index (κ2) is 7.76. The third kappa shape index (κ3) is 3.71. The summed E-state index contributed by atoms with van der Waals surface area (Å²) in [6, 6.07) is 14.4. The van der Waals surface area contributed by atoms with Crippen LogP contribution in [0.25, 0.3) is 10.9 Å². The molecule has 2 amide bonds. The zero-order valence-corrected chi connectivity index (χ0v) is 15.8. The first-order chi connectivity index (χ1) is 13.6. The maximum Gasteiger partial charge on any atom is 0.274 e. The Kier molecular flexibility index (Phi) is 5.02. The molecule has 2 aromatic heterocycles. The second-order valence-electron chi connectivity index (χ2n) is 7.24. The van der Waals surface area contributed by atoms with Gasteiger partial charge in [0.1, 0.15) is 11.4 Å². The van der Waals surface area contributed by atoms with Gasteiger partial charge in [-0.1, -0.05) is 31.2 Å². The van der Waals surface area contributed by atoms with Crippen LogP contribution in [0.4, 0.5) is 5.69 Å². The molecule has 6 nitrogen and oxygen atoms in total. The molecule has 1 atom stereocenters. The minimum atomic E-state index is -0.361. The number of fused-ring (bicyclic) bond motifs is 1. The number of nitrogens with one attached hydrogen (secondary N) is 1. The minimum absolute atomic E-state index is 0.118. The number of likely N-dealkylation sites (tertiary alicyclic amines) is 1. The monoisotopic (exact) mass is 374 g/mol. The highest BCUT2D eigenvalue weighted by Gasteiger charge is 2.23. The number of carbonyl (C=O) groups excluding carboxylic acids is 2. The summed E-state index contributed by atoms with van der Waals surface area (Å²) in [6.45, 7) is 3.62. The summed E-state index contributed by atoms with van der Waals surface area (Å²) in [4.78, 5) is 36.0. The molecule has 1 N–H and O–H groups in total. The lowest BCUT2D eigenvalue weighted by Gasteiger charge is -2.30. The molecule has 1 aliphatic heterocycles. The van der Waals surface area contributed by atoms with Crippen molar-refractivity contribution < 1.29 is 9.59 Å². The van der Waals surface area contributed by atoms with Crippen LogP contribution in [0.3, 0.4) is 0 Å². The number of hydrogen-bond donors (Lipinski definition) is 1. The summed E-state index contributed by atoms with van der Waals surface area (Å²) < 4.78 is 0. The molecule has 0 spiro atoms. The van der Waals surface area contributed by atoms with Crippen LogP contribution in [0, 0.1) is 5.92 Å². The summed E-state index contributed by atoms with van der Waals surface area (Å²) in [7, 11) is 0. The van der Waals surface area contributed by atoms with Crippen molar-refractivity contribution >= 4 is 28.4 Å². The van der Waals surface area contributed by atoms with Gasteiger partial charge in [0.05, 0.1) is 11.2 Å². The van der Waals surface area contributed by atoms with Gasteiger partial charge in [0, 0.05) is 24.7 Å². The number of anilines is 1. The zero-order valence-electron chi connectivity index (χ0n) is 15.8. The van der Waals surface area contributed by atoms with E-state index in [0.717, 1.165) is 31.3 Å². The molecule has 1 fully saturated rings. The normalized spacial score (nSPS) is 16.8. The average molecular weight is 374 g/mol. The Labute approximate surface area is 163 Å². The van der Waals surface area contributed by atoms with E-state index in [0.29, 0.717) is 22.8 Å². The highest BCUT2D eigenvalue weighted by atomic mass is 16.2. The van der Waals surface area contributed by atoms with Crippen molar-refractivity contribution in [1.82, 2.24) is 14.9 Å². The molecule has 4 rings (SSSR count). The van der Waals surface area contributed by atoms with Crippen molar-refractivity contribution in [3.8, 4) is 0 Å². The molecule has 6 heteroatoms. The van der Waals surface area contributed by atoms with E-state index < -0.39 is 0 Å². The van der Waals surface area contributed by atoms with Gasteiger partial charge in [-0.3, -0.25) is 14.6 Å². The minimum Gasteiger partial charge on any atom is -0.337 e. The number of nitrogens with zero attached hydrogens (tertiary/aromatic N) is 3. The number of carbonyl (C=O) groups is 2. The molecule has 142 valence electrons. The molecular weight excluding hydrogens is 352 g/mol. The van der Waals surface area contributed by atoms with Gasteiger partial charge in [-0.05, 0) is 43.0 Å². The Morgan fingerprint density at radius 2 is 1.86 bits per heavy atom. The second-order valence-corrected chi connectivity index (χ2v) is 7.24. The topological polar surface area (TPSA) is 75.2 Å². The number of benzene rings is 1. The molecule has 1 saturated heterocycles. The number of aromatic nitrogens is 2. The van der Waals surface area contributed by atoms with E-state index in [9.17, 15) is 9.59 Å². The largest absolute Gasteiger partial charge is 0.337 e. The maximum absolute atomic E-state index is 12.8. The molecule has 0 radical (unpaired) electrons. The van der Waals surface area contributed by atoms with Gasteiger partial charge in [0.25, 0.3) is 11.8 Å². The molecule has 0 bridgehead atoms. The Hall–Kier alpha value is -3.28. The van der Waals surface area contributed by atoms with E-state index in [2.05, 4.69) is 22.2 Å². The van der Waals surface area contributed by atoms with Crippen LogP contribution in [0.1, 0.15) is 40.7 Å². The number of rotatable bonds is 3.